The van der Waals surface area contributed by atoms with Crippen molar-refractivity contribution in [2.24, 2.45) is 0 Å². The maximum atomic E-state index is 13.0. The van der Waals surface area contributed by atoms with Crippen molar-refractivity contribution in [1.82, 2.24) is 9.88 Å². The van der Waals surface area contributed by atoms with Gasteiger partial charge < -0.3 is 4.90 Å². The first kappa shape index (κ1) is 16.0. The van der Waals surface area contributed by atoms with Crippen LogP contribution in [-0.2, 0) is 11.0 Å². The first-order valence-electron chi connectivity index (χ1n) is 7.58. The van der Waals surface area contributed by atoms with E-state index in [1.807, 2.05) is 4.90 Å². The number of carbonyl (C=O) groups excluding carboxylic acids is 1. The molecular formula is C15H19F3N4O. The van der Waals surface area contributed by atoms with Gasteiger partial charge in [-0.25, -0.2) is 4.98 Å². The van der Waals surface area contributed by atoms with Gasteiger partial charge in [0.25, 0.3) is 0 Å². The summed E-state index contributed by atoms with van der Waals surface area (Å²) in [5.41, 5.74) is -0.578. The van der Waals surface area contributed by atoms with Crippen molar-refractivity contribution in [3.63, 3.8) is 0 Å². The average Bonchev–Trinajstić information content (AvgIpc) is 2.78. The topological polar surface area (TPSA) is 39.7 Å². The number of halogens is 3. The van der Waals surface area contributed by atoms with Crippen LogP contribution in [0.2, 0.25) is 0 Å². The molecule has 8 heteroatoms. The number of rotatable bonds is 1. The lowest BCUT2D eigenvalue weighted by Gasteiger charge is -2.42. The summed E-state index contributed by atoms with van der Waals surface area (Å²) < 4.78 is 38.9. The quantitative estimate of drug-likeness (QED) is 0.793. The van der Waals surface area contributed by atoms with Crippen LogP contribution in [0.3, 0.4) is 0 Å². The van der Waals surface area contributed by atoms with Crippen molar-refractivity contribution in [3.05, 3.63) is 17.8 Å². The Labute approximate surface area is 132 Å². The second-order valence-corrected chi connectivity index (χ2v) is 6.22. The predicted octanol–water partition coefficient (Wildman–Crippen LogP) is 2.32. The molecule has 0 radical (unpaired) electrons. The van der Waals surface area contributed by atoms with Crippen LogP contribution in [0.4, 0.5) is 24.7 Å². The van der Waals surface area contributed by atoms with Crippen LogP contribution in [0.5, 0.6) is 0 Å². The highest BCUT2D eigenvalue weighted by Crippen LogP contribution is 2.42. The first-order chi connectivity index (χ1) is 10.7. The van der Waals surface area contributed by atoms with Crippen molar-refractivity contribution in [3.8, 4) is 0 Å². The zero-order chi connectivity index (χ0) is 16.9. The summed E-state index contributed by atoms with van der Waals surface area (Å²) in [5.74, 6) is 0.187. The predicted molar refractivity (Wildman–Crippen MR) is 80.2 cm³/mol. The zero-order valence-electron chi connectivity index (χ0n) is 13.3. The number of piperazine rings is 1. The van der Waals surface area contributed by atoms with Gasteiger partial charge in [-0.3, -0.25) is 14.6 Å². The minimum atomic E-state index is -4.47. The molecule has 0 aromatic carbocycles. The van der Waals surface area contributed by atoms with Crippen molar-refractivity contribution in [2.45, 2.75) is 39.2 Å². The van der Waals surface area contributed by atoms with Crippen molar-refractivity contribution < 1.29 is 18.0 Å². The number of alkyl halides is 3. The highest BCUT2D eigenvalue weighted by atomic mass is 19.4. The number of carbonyl (C=O) groups is 1. The van der Waals surface area contributed by atoms with Gasteiger partial charge in [0.2, 0.25) is 5.91 Å². The Morgan fingerprint density at radius 3 is 2.61 bits per heavy atom. The van der Waals surface area contributed by atoms with Gasteiger partial charge in [0, 0.05) is 38.8 Å². The third-order valence-corrected chi connectivity index (χ3v) is 4.46. The molecular weight excluding hydrogens is 309 g/mol. The summed E-state index contributed by atoms with van der Waals surface area (Å²) in [4.78, 5) is 21.7. The Balaban J connectivity index is 2.02. The average molecular weight is 328 g/mol. The van der Waals surface area contributed by atoms with Crippen LogP contribution >= 0.6 is 0 Å². The van der Waals surface area contributed by atoms with E-state index in [1.165, 1.54) is 11.8 Å². The lowest BCUT2D eigenvalue weighted by molar-refractivity contribution is -0.137. The van der Waals surface area contributed by atoms with Crippen LogP contribution in [0.1, 0.15) is 26.3 Å². The van der Waals surface area contributed by atoms with Gasteiger partial charge in [-0.15, -0.1) is 0 Å². The lowest BCUT2D eigenvalue weighted by Crippen LogP contribution is -2.59. The van der Waals surface area contributed by atoms with E-state index in [0.717, 1.165) is 18.8 Å². The number of fused-ring (bicyclic) bond motifs is 3. The normalized spacial score (nSPS) is 21.6. The molecule has 5 nitrogen and oxygen atoms in total. The molecule has 1 saturated heterocycles. The molecule has 126 valence electrons. The van der Waals surface area contributed by atoms with E-state index in [2.05, 4.69) is 23.7 Å². The molecule has 1 fully saturated rings. The summed E-state index contributed by atoms with van der Waals surface area (Å²) in [6.45, 7) is 7.53. The summed E-state index contributed by atoms with van der Waals surface area (Å²) in [5, 5.41) is 0. The van der Waals surface area contributed by atoms with Crippen molar-refractivity contribution in [1.29, 1.82) is 0 Å². The number of amides is 1. The lowest BCUT2D eigenvalue weighted by atomic mass is 10.2. The van der Waals surface area contributed by atoms with Crippen LogP contribution in [0, 0.1) is 0 Å². The SMILES string of the molecule is CC(=O)N1c2cc(C(F)(F)F)cnc2N2CCN(C(C)C)CC21. The number of aromatic nitrogens is 1. The second-order valence-electron chi connectivity index (χ2n) is 6.22. The minimum absolute atomic E-state index is 0.253. The van der Waals surface area contributed by atoms with Gasteiger partial charge >= 0.3 is 6.18 Å². The molecule has 1 amide bonds. The third kappa shape index (κ3) is 2.65. The number of hydrogen-bond donors (Lipinski definition) is 0. The monoisotopic (exact) mass is 328 g/mol. The molecule has 0 aliphatic carbocycles. The van der Waals surface area contributed by atoms with Crippen LogP contribution in [0.15, 0.2) is 12.3 Å². The third-order valence-electron chi connectivity index (χ3n) is 4.46. The largest absolute Gasteiger partial charge is 0.417 e. The highest BCUT2D eigenvalue weighted by Gasteiger charge is 2.44. The van der Waals surface area contributed by atoms with Gasteiger partial charge in [-0.2, -0.15) is 13.2 Å². The molecule has 0 bridgehead atoms. The molecule has 2 aliphatic rings. The Morgan fingerprint density at radius 2 is 2.04 bits per heavy atom. The van der Waals surface area contributed by atoms with Crippen LogP contribution in [-0.4, -0.2) is 47.6 Å². The van der Waals surface area contributed by atoms with Gasteiger partial charge in [0.1, 0.15) is 6.17 Å². The Morgan fingerprint density at radius 1 is 1.35 bits per heavy atom. The maximum Gasteiger partial charge on any atom is 0.417 e. The maximum absolute atomic E-state index is 13.0. The van der Waals surface area contributed by atoms with E-state index in [9.17, 15) is 18.0 Å². The summed E-state index contributed by atoms with van der Waals surface area (Å²) in [6.07, 6.45) is -3.93. The molecule has 1 aromatic rings. The number of hydrogen-bond acceptors (Lipinski definition) is 4. The molecule has 3 rings (SSSR count). The fourth-order valence-electron chi connectivity index (χ4n) is 3.26. The van der Waals surface area contributed by atoms with E-state index in [-0.39, 0.29) is 17.8 Å². The first-order valence-corrected chi connectivity index (χ1v) is 7.58. The standard InChI is InChI=1S/C15H19F3N4O/c1-9(2)20-4-5-21-13(8-20)22(10(3)23)12-6-11(15(16,17)18)7-19-14(12)21/h6-7,9,13H,4-5,8H2,1-3H3. The molecule has 0 N–H and O–H groups in total. The van der Waals surface area contributed by atoms with Crippen LogP contribution in [0.25, 0.3) is 0 Å². The fraction of sp³-hybridized carbons (Fsp3) is 0.600. The molecule has 23 heavy (non-hydrogen) atoms. The molecule has 3 heterocycles. The van der Waals surface area contributed by atoms with E-state index < -0.39 is 11.7 Å². The van der Waals surface area contributed by atoms with Gasteiger partial charge in [-0.05, 0) is 19.9 Å². The molecule has 0 spiro atoms. The summed E-state index contributed by atoms with van der Waals surface area (Å²) in [7, 11) is 0. The summed E-state index contributed by atoms with van der Waals surface area (Å²) in [6, 6.07) is 1.34. The van der Waals surface area contributed by atoms with Gasteiger partial charge in [0.05, 0.1) is 11.3 Å². The van der Waals surface area contributed by atoms with Gasteiger partial charge in [-0.1, -0.05) is 0 Å². The molecule has 1 atom stereocenters. The van der Waals surface area contributed by atoms with E-state index in [1.54, 1.807) is 0 Å². The Bertz CT molecular complexity index is 632. The van der Waals surface area contributed by atoms with E-state index in [0.29, 0.717) is 24.9 Å². The molecule has 0 saturated carbocycles. The van der Waals surface area contributed by atoms with E-state index in [4.69, 9.17) is 0 Å². The Hall–Kier alpha value is -1.83. The fourth-order valence-corrected chi connectivity index (χ4v) is 3.26. The molecule has 1 aromatic heterocycles. The number of nitrogens with zero attached hydrogens (tertiary/aromatic N) is 4. The van der Waals surface area contributed by atoms with Gasteiger partial charge in [0.15, 0.2) is 5.82 Å². The number of anilines is 2. The minimum Gasteiger partial charge on any atom is -0.331 e. The summed E-state index contributed by atoms with van der Waals surface area (Å²) >= 11 is 0. The smallest absolute Gasteiger partial charge is 0.331 e. The second kappa shape index (κ2) is 5.36. The zero-order valence-corrected chi connectivity index (χ0v) is 13.3. The molecule has 2 aliphatic heterocycles. The highest BCUT2D eigenvalue weighted by molar-refractivity contribution is 5.98. The molecule has 1 unspecified atom stereocenters. The van der Waals surface area contributed by atoms with Crippen molar-refractivity contribution in [2.75, 3.05) is 29.4 Å². The van der Waals surface area contributed by atoms with Crippen molar-refractivity contribution >= 4 is 17.4 Å². The van der Waals surface area contributed by atoms with E-state index >= 15 is 0 Å². The number of pyridine rings is 1. The van der Waals surface area contributed by atoms with Crippen LogP contribution < -0.4 is 9.80 Å². The Kier molecular flexibility index (Phi) is 3.74.